The van der Waals surface area contributed by atoms with Crippen molar-refractivity contribution in [2.24, 2.45) is 0 Å². The first-order chi connectivity index (χ1) is 11.2. The fourth-order valence-corrected chi connectivity index (χ4v) is 2.39. The molecule has 23 heavy (non-hydrogen) atoms. The number of ether oxygens (including phenoxy) is 3. The molecule has 2 aromatic rings. The molecular weight excluding hydrogens is 290 g/mol. The highest BCUT2D eigenvalue weighted by atomic mass is 16.5. The molecule has 0 spiro atoms. The third-order valence-electron chi connectivity index (χ3n) is 3.71. The van der Waals surface area contributed by atoms with Gasteiger partial charge in [0.2, 0.25) is 0 Å². The van der Waals surface area contributed by atoms with Crippen molar-refractivity contribution < 1.29 is 14.2 Å². The van der Waals surface area contributed by atoms with Gasteiger partial charge in [-0.3, -0.25) is 0 Å². The molecule has 0 amide bonds. The van der Waals surface area contributed by atoms with Crippen molar-refractivity contribution in [1.29, 1.82) is 0 Å². The fourth-order valence-electron chi connectivity index (χ4n) is 2.39. The van der Waals surface area contributed by atoms with Gasteiger partial charge in [0.05, 0.1) is 20.8 Å². The predicted octanol–water partition coefficient (Wildman–Crippen LogP) is 4.08. The molecule has 2 rings (SSSR count). The van der Waals surface area contributed by atoms with Crippen molar-refractivity contribution in [2.75, 3.05) is 26.6 Å². The van der Waals surface area contributed by atoms with E-state index in [2.05, 4.69) is 12.1 Å². The zero-order chi connectivity index (χ0) is 16.5. The number of hydrogen-bond acceptors (Lipinski definition) is 4. The van der Waals surface area contributed by atoms with E-state index in [1.807, 2.05) is 24.3 Å². The third-order valence-corrected chi connectivity index (χ3v) is 3.71. The summed E-state index contributed by atoms with van der Waals surface area (Å²) in [5.41, 5.74) is 7.74. The molecule has 0 aliphatic carbocycles. The van der Waals surface area contributed by atoms with Crippen LogP contribution in [0.3, 0.4) is 0 Å². The molecule has 124 valence electrons. The van der Waals surface area contributed by atoms with E-state index in [9.17, 15) is 0 Å². The number of rotatable bonds is 9. The van der Waals surface area contributed by atoms with Crippen LogP contribution >= 0.6 is 0 Å². The molecule has 0 radical (unpaired) electrons. The molecule has 0 saturated heterocycles. The third kappa shape index (κ3) is 5.40. The minimum atomic E-state index is 0.675. The Morgan fingerprint density at radius 1 is 0.826 bits per heavy atom. The van der Waals surface area contributed by atoms with Gasteiger partial charge in [0.25, 0.3) is 0 Å². The van der Waals surface area contributed by atoms with Gasteiger partial charge in [-0.1, -0.05) is 12.1 Å². The van der Waals surface area contributed by atoms with E-state index in [1.165, 1.54) is 5.56 Å². The summed E-state index contributed by atoms with van der Waals surface area (Å²) in [6.45, 7) is 0.683. The number of anilines is 1. The molecule has 0 heterocycles. The van der Waals surface area contributed by atoms with Crippen molar-refractivity contribution in [3.8, 4) is 17.2 Å². The summed E-state index contributed by atoms with van der Waals surface area (Å²) in [5, 5.41) is 0. The molecule has 0 saturated carbocycles. The van der Waals surface area contributed by atoms with E-state index in [1.54, 1.807) is 20.3 Å². The Labute approximate surface area is 138 Å². The number of benzene rings is 2. The molecule has 2 aromatic carbocycles. The summed E-state index contributed by atoms with van der Waals surface area (Å²) in [6.07, 6.45) is 4.37. The minimum Gasteiger partial charge on any atom is -0.497 e. The van der Waals surface area contributed by atoms with E-state index < -0.39 is 0 Å². The average Bonchev–Trinajstić information content (AvgIpc) is 2.59. The lowest BCUT2D eigenvalue weighted by Gasteiger charge is -2.11. The highest BCUT2D eigenvalue weighted by molar-refractivity contribution is 5.51. The van der Waals surface area contributed by atoms with Gasteiger partial charge in [0.1, 0.15) is 5.75 Å². The second kappa shape index (κ2) is 8.93. The number of nitrogen functional groups attached to an aromatic ring is 1. The summed E-state index contributed by atoms with van der Waals surface area (Å²) in [7, 11) is 3.31. The highest BCUT2D eigenvalue weighted by Gasteiger charge is 2.04. The quantitative estimate of drug-likeness (QED) is 0.559. The highest BCUT2D eigenvalue weighted by Crippen LogP contribution is 2.29. The predicted molar refractivity (Wildman–Crippen MR) is 93.5 cm³/mol. The second-order valence-corrected chi connectivity index (χ2v) is 5.42. The summed E-state index contributed by atoms with van der Waals surface area (Å²) in [5.74, 6) is 2.33. The molecule has 2 N–H and O–H groups in total. The van der Waals surface area contributed by atoms with E-state index >= 15 is 0 Å². The van der Waals surface area contributed by atoms with Gasteiger partial charge < -0.3 is 19.9 Å². The Morgan fingerprint density at radius 3 is 2.30 bits per heavy atom. The molecule has 0 aromatic heterocycles. The Hall–Kier alpha value is -2.36. The summed E-state index contributed by atoms with van der Waals surface area (Å²) >= 11 is 0. The van der Waals surface area contributed by atoms with Crippen molar-refractivity contribution in [3.63, 3.8) is 0 Å². The van der Waals surface area contributed by atoms with E-state index in [-0.39, 0.29) is 0 Å². The maximum absolute atomic E-state index is 5.77. The van der Waals surface area contributed by atoms with E-state index in [4.69, 9.17) is 19.9 Å². The topological polar surface area (TPSA) is 53.7 Å². The standard InChI is InChI=1S/C19H25NO3/c1-21-17-10-7-15(8-11-17)6-4-3-5-13-23-18-12-9-16(20)14-19(18)22-2/h7-12,14H,3-6,13,20H2,1-2H3. The summed E-state index contributed by atoms with van der Waals surface area (Å²) < 4.78 is 16.2. The summed E-state index contributed by atoms with van der Waals surface area (Å²) in [6, 6.07) is 13.7. The monoisotopic (exact) mass is 315 g/mol. The van der Waals surface area contributed by atoms with E-state index in [0.29, 0.717) is 18.0 Å². The Balaban J connectivity index is 1.65. The van der Waals surface area contributed by atoms with Gasteiger partial charge in [0.15, 0.2) is 11.5 Å². The van der Waals surface area contributed by atoms with E-state index in [0.717, 1.165) is 37.2 Å². The molecular formula is C19H25NO3. The van der Waals surface area contributed by atoms with Crippen LogP contribution < -0.4 is 19.9 Å². The van der Waals surface area contributed by atoms with Crippen LogP contribution in [0.1, 0.15) is 24.8 Å². The zero-order valence-corrected chi connectivity index (χ0v) is 13.9. The first-order valence-corrected chi connectivity index (χ1v) is 7.92. The van der Waals surface area contributed by atoms with Gasteiger partial charge in [-0.2, -0.15) is 0 Å². The van der Waals surface area contributed by atoms with Crippen LogP contribution in [0.2, 0.25) is 0 Å². The maximum atomic E-state index is 5.77. The number of nitrogens with two attached hydrogens (primary N) is 1. The Bertz CT molecular complexity index is 596. The lowest BCUT2D eigenvalue weighted by atomic mass is 10.1. The largest absolute Gasteiger partial charge is 0.497 e. The van der Waals surface area contributed by atoms with Gasteiger partial charge in [-0.15, -0.1) is 0 Å². The van der Waals surface area contributed by atoms with Crippen LogP contribution in [-0.2, 0) is 6.42 Å². The van der Waals surface area contributed by atoms with Crippen molar-refractivity contribution in [1.82, 2.24) is 0 Å². The second-order valence-electron chi connectivity index (χ2n) is 5.42. The van der Waals surface area contributed by atoms with Crippen LogP contribution in [0.5, 0.6) is 17.2 Å². The van der Waals surface area contributed by atoms with Crippen molar-refractivity contribution in [3.05, 3.63) is 48.0 Å². The molecule has 0 atom stereocenters. The molecule has 4 nitrogen and oxygen atoms in total. The molecule has 0 aliphatic heterocycles. The molecule has 0 fully saturated rings. The lowest BCUT2D eigenvalue weighted by molar-refractivity contribution is 0.285. The number of hydrogen-bond donors (Lipinski definition) is 1. The zero-order valence-electron chi connectivity index (χ0n) is 13.9. The molecule has 4 heteroatoms. The first kappa shape index (κ1) is 17.0. The smallest absolute Gasteiger partial charge is 0.162 e. The van der Waals surface area contributed by atoms with Gasteiger partial charge in [0, 0.05) is 11.8 Å². The van der Waals surface area contributed by atoms with Crippen LogP contribution in [0.4, 0.5) is 5.69 Å². The number of aryl methyl sites for hydroxylation is 1. The maximum Gasteiger partial charge on any atom is 0.162 e. The van der Waals surface area contributed by atoms with Crippen LogP contribution in [0.25, 0.3) is 0 Å². The molecule has 0 unspecified atom stereocenters. The SMILES string of the molecule is COc1ccc(CCCCCOc2ccc(N)cc2OC)cc1. The number of methoxy groups -OCH3 is 2. The molecule has 0 aliphatic rings. The Kier molecular flexibility index (Phi) is 6.60. The van der Waals surface area contributed by atoms with Crippen molar-refractivity contribution in [2.45, 2.75) is 25.7 Å². The molecule has 0 bridgehead atoms. The van der Waals surface area contributed by atoms with Crippen LogP contribution in [0, 0.1) is 0 Å². The van der Waals surface area contributed by atoms with Gasteiger partial charge in [-0.25, -0.2) is 0 Å². The summed E-state index contributed by atoms with van der Waals surface area (Å²) in [4.78, 5) is 0. The minimum absolute atomic E-state index is 0.675. The van der Waals surface area contributed by atoms with Crippen molar-refractivity contribution >= 4 is 5.69 Å². The van der Waals surface area contributed by atoms with Crippen LogP contribution in [0.15, 0.2) is 42.5 Å². The number of unbranched alkanes of at least 4 members (excludes halogenated alkanes) is 2. The van der Waals surface area contributed by atoms with Gasteiger partial charge in [-0.05, 0) is 55.5 Å². The van der Waals surface area contributed by atoms with Crippen LogP contribution in [-0.4, -0.2) is 20.8 Å². The first-order valence-electron chi connectivity index (χ1n) is 7.92. The fraction of sp³-hybridized carbons (Fsp3) is 0.368. The average molecular weight is 315 g/mol. The lowest BCUT2D eigenvalue weighted by Crippen LogP contribution is -2.00. The normalized spacial score (nSPS) is 10.3. The Morgan fingerprint density at radius 2 is 1.61 bits per heavy atom. The van der Waals surface area contributed by atoms with Gasteiger partial charge >= 0.3 is 0 Å².